The van der Waals surface area contributed by atoms with Gasteiger partial charge in [0, 0.05) is 32.4 Å². The highest BCUT2D eigenvalue weighted by atomic mass is 16.6. The summed E-state index contributed by atoms with van der Waals surface area (Å²) in [4.78, 5) is 40.4. The van der Waals surface area contributed by atoms with Gasteiger partial charge in [0.15, 0.2) is 0 Å². The first-order valence-corrected chi connectivity index (χ1v) is 12.2. The molecule has 5 rings (SSSR count). The summed E-state index contributed by atoms with van der Waals surface area (Å²) in [7, 11) is 0. The number of nitro groups is 1. The van der Waals surface area contributed by atoms with Crippen LogP contribution in [0.25, 0.3) is 0 Å². The van der Waals surface area contributed by atoms with Crippen LogP contribution in [0.15, 0.2) is 91.4 Å². The number of anilines is 2. The summed E-state index contributed by atoms with van der Waals surface area (Å²) in [6.07, 6.45) is 2.74. The Hall–Kier alpha value is -4.90. The Morgan fingerprint density at radius 1 is 0.842 bits per heavy atom. The number of hydrogen-bond acceptors (Lipinski definition) is 9. The number of rotatable bonds is 8. The summed E-state index contributed by atoms with van der Waals surface area (Å²) >= 11 is 0. The van der Waals surface area contributed by atoms with E-state index in [1.165, 1.54) is 29.7 Å². The maximum Gasteiger partial charge on any atom is 0.355 e. The lowest BCUT2D eigenvalue weighted by molar-refractivity contribution is -0.383. The lowest BCUT2D eigenvalue weighted by Crippen LogP contribution is -2.48. The smallest absolute Gasteiger partial charge is 0.348 e. The van der Waals surface area contributed by atoms with E-state index in [-0.39, 0.29) is 29.1 Å². The van der Waals surface area contributed by atoms with Crippen molar-refractivity contribution < 1.29 is 9.72 Å². The van der Waals surface area contributed by atoms with Crippen LogP contribution in [0.2, 0.25) is 0 Å². The Morgan fingerprint density at radius 2 is 1.47 bits per heavy atom. The van der Waals surface area contributed by atoms with Crippen molar-refractivity contribution in [2.45, 2.75) is 6.04 Å². The van der Waals surface area contributed by atoms with Gasteiger partial charge in [0.1, 0.15) is 12.0 Å². The van der Waals surface area contributed by atoms with Crippen LogP contribution in [0.1, 0.15) is 27.7 Å². The quantitative estimate of drug-likeness (QED) is 0.270. The largest absolute Gasteiger partial charge is 0.355 e. The predicted molar refractivity (Wildman–Crippen MR) is 143 cm³/mol. The Bertz CT molecular complexity index is 1340. The Kier molecular flexibility index (Phi) is 7.46. The van der Waals surface area contributed by atoms with Crippen LogP contribution in [0.4, 0.5) is 17.3 Å². The van der Waals surface area contributed by atoms with Gasteiger partial charge in [-0.25, -0.2) is 9.97 Å². The van der Waals surface area contributed by atoms with Crippen molar-refractivity contribution in [3.8, 4) is 0 Å². The molecule has 0 aliphatic carbocycles. The molecule has 1 fully saturated rings. The molecule has 1 saturated heterocycles. The number of amides is 1. The zero-order valence-electron chi connectivity index (χ0n) is 20.5. The lowest BCUT2D eigenvalue weighted by Gasteiger charge is -2.40. The molecule has 3 heterocycles. The average molecular weight is 511 g/mol. The summed E-state index contributed by atoms with van der Waals surface area (Å²) in [6.45, 7) is 2.42. The third-order valence-electron chi connectivity index (χ3n) is 6.39. The molecule has 0 spiro atoms. The molecule has 0 saturated carbocycles. The summed E-state index contributed by atoms with van der Waals surface area (Å²) < 4.78 is 0. The highest BCUT2D eigenvalue weighted by Gasteiger charge is 2.32. The van der Waals surface area contributed by atoms with Crippen molar-refractivity contribution in [3.05, 3.63) is 118 Å². The Balaban J connectivity index is 1.33. The fraction of sp³-hybridized carbons (Fsp3) is 0.185. The molecular weight excluding hydrogens is 484 g/mol. The van der Waals surface area contributed by atoms with Crippen molar-refractivity contribution in [2.24, 2.45) is 0 Å². The molecule has 192 valence electrons. The monoisotopic (exact) mass is 510 g/mol. The van der Waals surface area contributed by atoms with Crippen molar-refractivity contribution in [1.29, 1.82) is 0 Å². The number of nitrogens with zero attached hydrogens (tertiary/aromatic N) is 6. The number of pyridine rings is 1. The first-order chi connectivity index (χ1) is 18.6. The predicted octanol–water partition coefficient (Wildman–Crippen LogP) is 3.45. The van der Waals surface area contributed by atoms with Gasteiger partial charge in [0.25, 0.3) is 5.91 Å². The van der Waals surface area contributed by atoms with Crippen molar-refractivity contribution in [2.75, 3.05) is 36.5 Å². The fourth-order valence-corrected chi connectivity index (χ4v) is 4.61. The summed E-state index contributed by atoms with van der Waals surface area (Å²) in [5.41, 5.74) is 7.24. The molecule has 0 unspecified atom stereocenters. The van der Waals surface area contributed by atoms with Crippen molar-refractivity contribution in [1.82, 2.24) is 25.3 Å². The third kappa shape index (κ3) is 5.42. The van der Waals surface area contributed by atoms with Gasteiger partial charge in [-0.1, -0.05) is 66.7 Å². The number of carbonyl (C=O) groups excluding carboxylic acids is 1. The van der Waals surface area contributed by atoms with Crippen molar-refractivity contribution >= 4 is 23.2 Å². The van der Waals surface area contributed by atoms with Crippen LogP contribution >= 0.6 is 0 Å². The van der Waals surface area contributed by atoms with Crippen LogP contribution in [0.5, 0.6) is 0 Å². The summed E-state index contributed by atoms with van der Waals surface area (Å²) in [6, 6.07) is 25.6. The lowest BCUT2D eigenvalue weighted by atomic mass is 9.96. The van der Waals surface area contributed by atoms with Crippen LogP contribution in [0.3, 0.4) is 0 Å². The van der Waals surface area contributed by atoms with E-state index in [9.17, 15) is 14.9 Å². The van der Waals surface area contributed by atoms with Crippen molar-refractivity contribution in [3.63, 3.8) is 0 Å². The van der Waals surface area contributed by atoms with Gasteiger partial charge in [-0.2, -0.15) is 0 Å². The molecule has 2 aromatic carbocycles. The van der Waals surface area contributed by atoms with Crippen LogP contribution in [-0.4, -0.2) is 56.9 Å². The molecule has 1 aliphatic rings. The zero-order chi connectivity index (χ0) is 26.3. The van der Waals surface area contributed by atoms with E-state index in [2.05, 4.69) is 55.0 Å². The van der Waals surface area contributed by atoms with Gasteiger partial charge in [0.05, 0.1) is 11.0 Å². The molecule has 11 nitrogen and oxygen atoms in total. The maximum absolute atomic E-state index is 12.4. The van der Waals surface area contributed by atoms with E-state index in [1.807, 2.05) is 41.3 Å². The molecule has 38 heavy (non-hydrogen) atoms. The summed E-state index contributed by atoms with van der Waals surface area (Å²) in [5, 5.41) is 12.1. The highest BCUT2D eigenvalue weighted by molar-refractivity contribution is 5.93. The Labute approximate surface area is 219 Å². The normalized spacial score (nSPS) is 13.8. The SMILES string of the molecule is O=C(NNc1ncnc(N2CCN(C(c3ccccc3)c3ccccc3)CC2)c1[N+](=O)[O-])c1ccccn1. The van der Waals surface area contributed by atoms with E-state index in [0.29, 0.717) is 26.2 Å². The number of hydrazine groups is 1. The van der Waals surface area contributed by atoms with E-state index >= 15 is 0 Å². The van der Waals surface area contributed by atoms with Crippen LogP contribution in [-0.2, 0) is 0 Å². The van der Waals surface area contributed by atoms with E-state index < -0.39 is 10.8 Å². The van der Waals surface area contributed by atoms with E-state index in [4.69, 9.17) is 0 Å². The minimum atomic E-state index is -0.540. The highest BCUT2D eigenvalue weighted by Crippen LogP contribution is 2.34. The van der Waals surface area contributed by atoms with Gasteiger partial charge >= 0.3 is 5.69 Å². The fourth-order valence-electron chi connectivity index (χ4n) is 4.61. The minimum Gasteiger partial charge on any atom is -0.348 e. The van der Waals surface area contributed by atoms with Crippen LogP contribution in [0, 0.1) is 10.1 Å². The average Bonchev–Trinajstić information content (AvgIpc) is 2.97. The topological polar surface area (TPSA) is 129 Å². The molecular formula is C27H26N8O3. The molecule has 11 heteroatoms. The first kappa shape index (κ1) is 24.8. The number of hydrogen-bond donors (Lipinski definition) is 2. The number of piperazine rings is 1. The maximum atomic E-state index is 12.4. The second-order valence-corrected chi connectivity index (χ2v) is 8.69. The molecule has 0 bridgehead atoms. The molecule has 1 aliphatic heterocycles. The molecule has 1 amide bonds. The zero-order valence-corrected chi connectivity index (χ0v) is 20.5. The molecule has 4 aromatic rings. The van der Waals surface area contributed by atoms with Gasteiger partial charge in [-0.3, -0.25) is 35.6 Å². The standard InChI is InChI=1S/C27H26N8O3/c36-27(22-13-7-8-14-28-22)32-31-25-24(35(37)38)26(30-19-29-25)34-17-15-33(16-18-34)23(20-9-3-1-4-10-20)21-11-5-2-6-12-21/h1-14,19,23H,15-18H2,(H,32,36)(H,29,30,31). The van der Waals surface area contributed by atoms with Gasteiger partial charge in [-0.05, 0) is 23.3 Å². The molecule has 2 aromatic heterocycles. The van der Waals surface area contributed by atoms with Crippen LogP contribution < -0.4 is 15.8 Å². The second kappa shape index (κ2) is 11.4. The number of nitrogens with one attached hydrogen (secondary N) is 2. The number of carbonyl (C=O) groups is 1. The number of benzene rings is 2. The summed E-state index contributed by atoms with van der Waals surface area (Å²) in [5.74, 6) is -0.435. The van der Waals surface area contributed by atoms with E-state index in [0.717, 1.165) is 0 Å². The minimum absolute atomic E-state index is 0.0685. The van der Waals surface area contributed by atoms with Gasteiger partial charge in [0.2, 0.25) is 11.6 Å². The second-order valence-electron chi connectivity index (χ2n) is 8.69. The van der Waals surface area contributed by atoms with Gasteiger partial charge < -0.3 is 4.90 Å². The molecule has 0 radical (unpaired) electrons. The molecule has 2 N–H and O–H groups in total. The van der Waals surface area contributed by atoms with E-state index in [1.54, 1.807) is 12.1 Å². The first-order valence-electron chi connectivity index (χ1n) is 12.2. The number of aromatic nitrogens is 3. The third-order valence-corrected chi connectivity index (χ3v) is 6.39. The van der Waals surface area contributed by atoms with Gasteiger partial charge in [-0.15, -0.1) is 0 Å². The molecule has 0 atom stereocenters. The Morgan fingerprint density at radius 3 is 2.05 bits per heavy atom.